The Bertz CT molecular complexity index is 1390. The minimum Gasteiger partial charge on any atom is -0.497 e. The van der Waals surface area contributed by atoms with Crippen molar-refractivity contribution in [3.05, 3.63) is 111 Å². The van der Waals surface area contributed by atoms with Gasteiger partial charge in [-0.3, -0.25) is 9.59 Å². The van der Waals surface area contributed by atoms with Gasteiger partial charge in [0.2, 0.25) is 0 Å². The van der Waals surface area contributed by atoms with Gasteiger partial charge in [-0.05, 0) is 53.6 Å². The van der Waals surface area contributed by atoms with E-state index in [1.807, 2.05) is 12.1 Å². The lowest BCUT2D eigenvalue weighted by Gasteiger charge is -2.10. The van der Waals surface area contributed by atoms with Gasteiger partial charge in [0.15, 0.2) is 5.43 Å². The van der Waals surface area contributed by atoms with Gasteiger partial charge in [0.05, 0.1) is 24.3 Å². The largest absolute Gasteiger partial charge is 0.497 e. The molecule has 0 spiro atoms. The third-order valence-electron chi connectivity index (χ3n) is 5.37. The molecule has 1 N–H and O–H groups in total. The molecular weight excluding hydrogens is 447 g/mol. The number of rotatable bonds is 6. The topological polar surface area (TPSA) is 68.5 Å². The molecule has 0 saturated heterocycles. The van der Waals surface area contributed by atoms with Crippen LogP contribution in [-0.2, 0) is 19.1 Å². The smallest absolute Gasteiger partial charge is 0.416 e. The van der Waals surface area contributed by atoms with Crippen molar-refractivity contribution in [2.45, 2.75) is 19.1 Å². The molecule has 0 fully saturated rings. The van der Waals surface area contributed by atoms with Crippen molar-refractivity contribution < 1.29 is 27.1 Å². The standard InChI is InChI=1S/C26H20F3NO4/c1-33-21-8-5-16(6-9-21)11-19-15-34-23-10-7-18(13-22(23)24(19)31)25(32)30-14-17-3-2-4-20(12-17)26(27,28)29/h2-10,12-13,15H,11,14H2,1H3,(H,30,32). The van der Waals surface area contributed by atoms with Crippen LogP contribution in [-0.4, -0.2) is 13.0 Å². The molecular formula is C26H20F3NO4. The van der Waals surface area contributed by atoms with E-state index in [1.165, 1.54) is 36.6 Å². The average Bonchev–Trinajstić information content (AvgIpc) is 2.84. The first-order valence-corrected chi connectivity index (χ1v) is 10.4. The molecule has 0 aliphatic carbocycles. The first-order chi connectivity index (χ1) is 16.2. The molecule has 4 aromatic rings. The highest BCUT2D eigenvalue weighted by atomic mass is 19.4. The van der Waals surface area contributed by atoms with E-state index in [1.54, 1.807) is 19.2 Å². The molecule has 34 heavy (non-hydrogen) atoms. The number of ether oxygens (including phenoxy) is 1. The number of fused-ring (bicyclic) bond motifs is 1. The quantitative estimate of drug-likeness (QED) is 0.416. The predicted octanol–water partition coefficient (Wildman–Crippen LogP) is 5.34. The normalized spacial score (nSPS) is 11.4. The monoisotopic (exact) mass is 467 g/mol. The lowest BCUT2D eigenvalue weighted by molar-refractivity contribution is -0.137. The zero-order valence-corrected chi connectivity index (χ0v) is 18.1. The van der Waals surface area contributed by atoms with Crippen LogP contribution < -0.4 is 15.5 Å². The molecule has 4 rings (SSSR count). The number of hydrogen-bond acceptors (Lipinski definition) is 4. The third-order valence-corrected chi connectivity index (χ3v) is 5.37. The van der Waals surface area contributed by atoms with Crippen molar-refractivity contribution >= 4 is 16.9 Å². The molecule has 1 amide bonds. The number of carbonyl (C=O) groups is 1. The highest BCUT2D eigenvalue weighted by Crippen LogP contribution is 2.29. The maximum atomic E-state index is 13.0. The maximum Gasteiger partial charge on any atom is 0.416 e. The highest BCUT2D eigenvalue weighted by Gasteiger charge is 2.30. The van der Waals surface area contributed by atoms with Gasteiger partial charge >= 0.3 is 6.18 Å². The van der Waals surface area contributed by atoms with Crippen LogP contribution in [0.15, 0.2) is 82.2 Å². The average molecular weight is 467 g/mol. The van der Waals surface area contributed by atoms with Crippen molar-refractivity contribution in [3.63, 3.8) is 0 Å². The fraction of sp³-hybridized carbons (Fsp3) is 0.154. The first-order valence-electron chi connectivity index (χ1n) is 10.4. The Morgan fingerprint density at radius 3 is 2.47 bits per heavy atom. The van der Waals surface area contributed by atoms with E-state index < -0.39 is 17.6 Å². The summed E-state index contributed by atoms with van der Waals surface area (Å²) in [7, 11) is 1.57. The molecule has 0 unspecified atom stereocenters. The number of alkyl halides is 3. The summed E-state index contributed by atoms with van der Waals surface area (Å²) >= 11 is 0. The molecule has 0 atom stereocenters. The number of hydrogen-bond donors (Lipinski definition) is 1. The Labute approximate surface area is 192 Å². The van der Waals surface area contributed by atoms with Crippen molar-refractivity contribution in [2.24, 2.45) is 0 Å². The first kappa shape index (κ1) is 23.1. The Morgan fingerprint density at radius 2 is 1.76 bits per heavy atom. The Balaban J connectivity index is 1.53. The molecule has 174 valence electrons. The molecule has 0 aliphatic heterocycles. The summed E-state index contributed by atoms with van der Waals surface area (Å²) in [5, 5.41) is 2.84. The number of amides is 1. The van der Waals surface area contributed by atoms with E-state index in [4.69, 9.17) is 9.15 Å². The summed E-state index contributed by atoms with van der Waals surface area (Å²) in [6.45, 7) is -0.0904. The van der Waals surface area contributed by atoms with Gasteiger partial charge in [0.1, 0.15) is 11.3 Å². The zero-order chi connectivity index (χ0) is 24.3. The molecule has 1 aromatic heterocycles. The molecule has 0 saturated carbocycles. The summed E-state index contributed by atoms with van der Waals surface area (Å²) in [4.78, 5) is 25.6. The van der Waals surface area contributed by atoms with Crippen LogP contribution in [0.4, 0.5) is 13.2 Å². The van der Waals surface area contributed by atoms with Crippen LogP contribution in [0.3, 0.4) is 0 Å². The van der Waals surface area contributed by atoms with E-state index >= 15 is 0 Å². The van der Waals surface area contributed by atoms with Crippen LogP contribution in [0.1, 0.15) is 32.6 Å². The van der Waals surface area contributed by atoms with E-state index in [0.717, 1.165) is 17.7 Å². The molecule has 1 heterocycles. The molecule has 3 aromatic carbocycles. The van der Waals surface area contributed by atoms with Crippen LogP contribution >= 0.6 is 0 Å². The van der Waals surface area contributed by atoms with E-state index in [2.05, 4.69) is 5.32 Å². The summed E-state index contributed by atoms with van der Waals surface area (Å²) < 4.78 is 49.4. The Morgan fingerprint density at radius 1 is 1.00 bits per heavy atom. The minimum atomic E-state index is -4.46. The second-order valence-electron chi connectivity index (χ2n) is 7.71. The second kappa shape index (κ2) is 9.43. The zero-order valence-electron chi connectivity index (χ0n) is 18.1. The second-order valence-corrected chi connectivity index (χ2v) is 7.71. The summed E-state index contributed by atoms with van der Waals surface area (Å²) in [5.41, 5.74) is 1.12. The van der Waals surface area contributed by atoms with Gasteiger partial charge in [0.25, 0.3) is 5.91 Å². The van der Waals surface area contributed by atoms with Gasteiger partial charge in [-0.25, -0.2) is 0 Å². The van der Waals surface area contributed by atoms with Crippen LogP contribution in [0.5, 0.6) is 5.75 Å². The van der Waals surface area contributed by atoms with Gasteiger partial charge in [-0.2, -0.15) is 13.2 Å². The van der Waals surface area contributed by atoms with Gasteiger partial charge in [-0.15, -0.1) is 0 Å². The lowest BCUT2D eigenvalue weighted by Crippen LogP contribution is -2.23. The van der Waals surface area contributed by atoms with E-state index in [9.17, 15) is 22.8 Å². The molecule has 5 nitrogen and oxygen atoms in total. The van der Waals surface area contributed by atoms with E-state index in [-0.39, 0.29) is 22.9 Å². The number of carbonyl (C=O) groups excluding carboxylic acids is 1. The molecule has 0 aliphatic rings. The molecule has 8 heteroatoms. The van der Waals surface area contributed by atoms with Crippen molar-refractivity contribution in [1.82, 2.24) is 5.32 Å². The summed E-state index contributed by atoms with van der Waals surface area (Å²) in [6, 6.07) is 16.5. The number of benzene rings is 3. The van der Waals surface area contributed by atoms with Gasteiger partial charge in [-0.1, -0.05) is 24.3 Å². The fourth-order valence-electron chi connectivity index (χ4n) is 3.54. The fourth-order valence-corrected chi connectivity index (χ4v) is 3.54. The summed E-state index contributed by atoms with van der Waals surface area (Å²) in [5.74, 6) is 0.189. The lowest BCUT2D eigenvalue weighted by atomic mass is 10.0. The van der Waals surface area contributed by atoms with Crippen molar-refractivity contribution in [3.8, 4) is 5.75 Å². The SMILES string of the molecule is COc1ccc(Cc2coc3ccc(C(=O)NCc4cccc(C(F)(F)F)c4)cc3c2=O)cc1. The number of halogens is 3. The maximum absolute atomic E-state index is 13.0. The van der Waals surface area contributed by atoms with Crippen LogP contribution in [0, 0.1) is 0 Å². The molecule has 0 radical (unpaired) electrons. The molecule has 0 bridgehead atoms. The third kappa shape index (κ3) is 5.11. The van der Waals surface area contributed by atoms with Gasteiger partial charge < -0.3 is 14.5 Å². The number of nitrogens with one attached hydrogen (secondary N) is 1. The van der Waals surface area contributed by atoms with Crippen LogP contribution in [0.2, 0.25) is 0 Å². The van der Waals surface area contributed by atoms with E-state index in [0.29, 0.717) is 28.9 Å². The highest BCUT2D eigenvalue weighted by molar-refractivity contribution is 5.97. The Hall–Kier alpha value is -4.07. The summed E-state index contributed by atoms with van der Waals surface area (Å²) in [6.07, 6.45) is -2.72. The van der Waals surface area contributed by atoms with Crippen molar-refractivity contribution in [2.75, 3.05) is 7.11 Å². The Kier molecular flexibility index (Phi) is 6.40. The van der Waals surface area contributed by atoms with Crippen molar-refractivity contribution in [1.29, 1.82) is 0 Å². The minimum absolute atomic E-state index is 0.0904. The number of methoxy groups -OCH3 is 1. The van der Waals surface area contributed by atoms with Crippen LogP contribution in [0.25, 0.3) is 11.0 Å². The predicted molar refractivity (Wildman–Crippen MR) is 121 cm³/mol. The van der Waals surface area contributed by atoms with Gasteiger partial charge in [0, 0.05) is 24.1 Å².